The van der Waals surface area contributed by atoms with Gasteiger partial charge in [-0.3, -0.25) is 10.1 Å². The molecule has 28 heavy (non-hydrogen) atoms. The van der Waals surface area contributed by atoms with Crippen molar-refractivity contribution in [2.24, 2.45) is 0 Å². The molecule has 0 radical (unpaired) electrons. The lowest BCUT2D eigenvalue weighted by Gasteiger charge is -2.09. The number of fused-ring (bicyclic) bond motifs is 1. The number of carbonyl (C=O) groups is 1. The number of para-hydroxylation sites is 1. The predicted molar refractivity (Wildman–Crippen MR) is 110 cm³/mol. The minimum absolute atomic E-state index is 0.236. The van der Waals surface area contributed by atoms with Crippen LogP contribution in [0.4, 0.5) is 5.13 Å². The zero-order valence-corrected chi connectivity index (χ0v) is 16.4. The normalized spacial score (nSPS) is 11.5. The van der Waals surface area contributed by atoms with Crippen molar-refractivity contribution in [1.82, 2.24) is 9.97 Å². The number of nitrogens with zero attached hydrogens (tertiary/aromatic N) is 2. The monoisotopic (exact) mass is 409 g/mol. The van der Waals surface area contributed by atoms with Crippen LogP contribution in [-0.2, 0) is 9.84 Å². The summed E-state index contributed by atoms with van der Waals surface area (Å²) < 4.78 is 23.8. The molecular formula is C20H15N3O3S2. The van der Waals surface area contributed by atoms with Crippen LogP contribution in [0.3, 0.4) is 0 Å². The first-order valence-corrected chi connectivity index (χ1v) is 11.1. The quantitative estimate of drug-likeness (QED) is 0.550. The number of amides is 1. The van der Waals surface area contributed by atoms with E-state index in [1.54, 1.807) is 35.8 Å². The number of benzene rings is 2. The standard InChI is InChI=1S/C20H15N3O3S2/c1-28(25,26)15-6-2-5-14(12-15)16-7-3-4-13-8-9-17(22-18(13)16)19(24)23-20-21-10-11-27-20/h2-12H,1H3,(H,21,23,24). The molecule has 0 spiro atoms. The van der Waals surface area contributed by atoms with E-state index in [9.17, 15) is 13.2 Å². The third-order valence-corrected chi connectivity index (χ3v) is 5.98. The second kappa shape index (κ2) is 7.14. The molecule has 0 aliphatic rings. The van der Waals surface area contributed by atoms with E-state index in [-0.39, 0.29) is 16.5 Å². The number of sulfone groups is 1. The Balaban J connectivity index is 1.80. The first kappa shape index (κ1) is 18.3. The number of aromatic nitrogens is 2. The lowest BCUT2D eigenvalue weighted by Crippen LogP contribution is -2.13. The smallest absolute Gasteiger partial charge is 0.276 e. The number of hydrogen-bond donors (Lipinski definition) is 1. The zero-order chi connectivity index (χ0) is 19.7. The number of hydrogen-bond acceptors (Lipinski definition) is 6. The predicted octanol–water partition coefficient (Wildman–Crippen LogP) is 4.01. The van der Waals surface area contributed by atoms with Gasteiger partial charge >= 0.3 is 0 Å². The zero-order valence-electron chi connectivity index (χ0n) is 14.8. The van der Waals surface area contributed by atoms with Gasteiger partial charge in [-0.1, -0.05) is 36.4 Å². The van der Waals surface area contributed by atoms with Crippen molar-refractivity contribution in [3.8, 4) is 11.1 Å². The van der Waals surface area contributed by atoms with Crippen molar-refractivity contribution in [2.45, 2.75) is 4.90 Å². The van der Waals surface area contributed by atoms with Crippen LogP contribution in [-0.4, -0.2) is 30.5 Å². The summed E-state index contributed by atoms with van der Waals surface area (Å²) in [5, 5.41) is 5.85. The van der Waals surface area contributed by atoms with Gasteiger partial charge in [0.1, 0.15) is 5.69 Å². The number of pyridine rings is 1. The van der Waals surface area contributed by atoms with Crippen molar-refractivity contribution in [2.75, 3.05) is 11.6 Å². The van der Waals surface area contributed by atoms with Crippen LogP contribution in [0.1, 0.15) is 10.5 Å². The van der Waals surface area contributed by atoms with Crippen LogP contribution < -0.4 is 5.32 Å². The molecule has 2 aromatic heterocycles. The number of nitrogens with one attached hydrogen (secondary N) is 1. The Morgan fingerprint density at radius 2 is 1.89 bits per heavy atom. The van der Waals surface area contributed by atoms with E-state index >= 15 is 0 Å². The second-order valence-corrected chi connectivity index (χ2v) is 9.08. The fourth-order valence-electron chi connectivity index (χ4n) is 2.85. The molecule has 4 rings (SSSR count). The van der Waals surface area contributed by atoms with E-state index in [0.717, 1.165) is 16.5 Å². The van der Waals surface area contributed by atoms with Gasteiger partial charge in [-0.25, -0.2) is 18.4 Å². The molecule has 4 aromatic rings. The summed E-state index contributed by atoms with van der Waals surface area (Å²) in [6, 6.07) is 15.8. The minimum atomic E-state index is -3.33. The summed E-state index contributed by atoms with van der Waals surface area (Å²) in [5.41, 5.74) is 2.36. The van der Waals surface area contributed by atoms with E-state index in [1.807, 2.05) is 30.3 Å². The molecule has 2 heterocycles. The largest absolute Gasteiger partial charge is 0.296 e. The summed E-state index contributed by atoms with van der Waals surface area (Å²) in [6.07, 6.45) is 2.79. The molecular weight excluding hydrogens is 394 g/mol. The van der Waals surface area contributed by atoms with Crippen molar-refractivity contribution in [1.29, 1.82) is 0 Å². The number of anilines is 1. The maximum Gasteiger partial charge on any atom is 0.276 e. The Kier molecular flexibility index (Phi) is 4.66. The van der Waals surface area contributed by atoms with Crippen molar-refractivity contribution >= 4 is 43.1 Å². The van der Waals surface area contributed by atoms with Crippen molar-refractivity contribution < 1.29 is 13.2 Å². The SMILES string of the molecule is CS(=O)(=O)c1cccc(-c2cccc3ccc(C(=O)Nc4nccs4)nc23)c1. The molecule has 0 saturated carbocycles. The fourth-order valence-corrected chi connectivity index (χ4v) is 4.04. The van der Waals surface area contributed by atoms with Gasteiger partial charge in [0.15, 0.2) is 15.0 Å². The average molecular weight is 409 g/mol. The van der Waals surface area contributed by atoms with Gasteiger partial charge in [0, 0.05) is 28.8 Å². The first-order chi connectivity index (χ1) is 13.4. The molecule has 0 aliphatic heterocycles. The topological polar surface area (TPSA) is 89.0 Å². The van der Waals surface area contributed by atoms with Gasteiger partial charge in [-0.05, 0) is 23.8 Å². The highest BCUT2D eigenvalue weighted by Gasteiger charge is 2.14. The van der Waals surface area contributed by atoms with E-state index in [4.69, 9.17) is 0 Å². The third-order valence-electron chi connectivity index (χ3n) is 4.18. The summed E-state index contributed by atoms with van der Waals surface area (Å²) in [6.45, 7) is 0. The van der Waals surface area contributed by atoms with Crippen LogP contribution in [0, 0.1) is 0 Å². The van der Waals surface area contributed by atoms with Gasteiger partial charge in [0.05, 0.1) is 10.4 Å². The molecule has 0 saturated heterocycles. The first-order valence-electron chi connectivity index (χ1n) is 8.33. The Hall–Kier alpha value is -3.10. The van der Waals surface area contributed by atoms with Crippen LogP contribution >= 0.6 is 11.3 Å². The average Bonchev–Trinajstić information content (AvgIpc) is 3.19. The van der Waals surface area contributed by atoms with E-state index in [1.165, 1.54) is 17.6 Å². The summed E-state index contributed by atoms with van der Waals surface area (Å²) in [7, 11) is -3.33. The van der Waals surface area contributed by atoms with Gasteiger partial charge in [0.2, 0.25) is 0 Å². The molecule has 1 amide bonds. The molecule has 0 aliphatic carbocycles. The van der Waals surface area contributed by atoms with Gasteiger partial charge in [-0.2, -0.15) is 0 Å². The molecule has 0 atom stereocenters. The van der Waals surface area contributed by atoms with Crippen LogP contribution in [0.15, 0.2) is 71.1 Å². The Labute approximate surface area is 165 Å². The number of carbonyl (C=O) groups excluding carboxylic acids is 1. The summed E-state index contributed by atoms with van der Waals surface area (Å²) in [4.78, 5) is 21.3. The van der Waals surface area contributed by atoms with E-state index in [2.05, 4.69) is 15.3 Å². The highest BCUT2D eigenvalue weighted by Crippen LogP contribution is 2.29. The summed E-state index contributed by atoms with van der Waals surface area (Å²) in [5.74, 6) is -0.350. The van der Waals surface area contributed by atoms with Crippen molar-refractivity contribution in [3.05, 3.63) is 71.9 Å². The second-order valence-electron chi connectivity index (χ2n) is 6.17. The van der Waals surface area contributed by atoms with Crippen LogP contribution in [0.5, 0.6) is 0 Å². The Morgan fingerprint density at radius 3 is 2.64 bits per heavy atom. The maximum absolute atomic E-state index is 12.5. The Bertz CT molecular complexity index is 1280. The number of rotatable bonds is 4. The lowest BCUT2D eigenvalue weighted by molar-refractivity contribution is 0.102. The lowest BCUT2D eigenvalue weighted by atomic mass is 10.0. The summed E-state index contributed by atoms with van der Waals surface area (Å²) >= 11 is 1.33. The molecule has 2 aromatic carbocycles. The molecule has 0 unspecified atom stereocenters. The van der Waals surface area contributed by atoms with Gasteiger partial charge in [0.25, 0.3) is 5.91 Å². The van der Waals surface area contributed by atoms with Crippen LogP contribution in [0.25, 0.3) is 22.0 Å². The fraction of sp³-hybridized carbons (Fsp3) is 0.0500. The van der Waals surface area contributed by atoms with E-state index in [0.29, 0.717) is 10.6 Å². The van der Waals surface area contributed by atoms with Crippen molar-refractivity contribution in [3.63, 3.8) is 0 Å². The highest BCUT2D eigenvalue weighted by atomic mass is 32.2. The number of thiazole rings is 1. The molecule has 0 bridgehead atoms. The minimum Gasteiger partial charge on any atom is -0.296 e. The molecule has 140 valence electrons. The third kappa shape index (κ3) is 3.64. The molecule has 6 nitrogen and oxygen atoms in total. The highest BCUT2D eigenvalue weighted by molar-refractivity contribution is 7.90. The van der Waals surface area contributed by atoms with Gasteiger partial charge in [-0.15, -0.1) is 11.3 Å². The van der Waals surface area contributed by atoms with E-state index < -0.39 is 9.84 Å². The van der Waals surface area contributed by atoms with Gasteiger partial charge < -0.3 is 0 Å². The maximum atomic E-state index is 12.5. The van der Waals surface area contributed by atoms with Crippen LogP contribution in [0.2, 0.25) is 0 Å². The molecule has 8 heteroatoms. The Morgan fingerprint density at radius 1 is 1.07 bits per heavy atom. The molecule has 1 N–H and O–H groups in total. The molecule has 0 fully saturated rings.